The van der Waals surface area contributed by atoms with E-state index in [1.54, 1.807) is 0 Å². The summed E-state index contributed by atoms with van der Waals surface area (Å²) < 4.78 is 5.38. The molecule has 4 nitrogen and oxygen atoms in total. The number of hydrogen-bond acceptors (Lipinski definition) is 4. The lowest BCUT2D eigenvalue weighted by atomic mass is 10.2. The van der Waals surface area contributed by atoms with Crippen LogP contribution in [0.2, 0.25) is 0 Å². The van der Waals surface area contributed by atoms with Crippen LogP contribution < -0.4 is 4.90 Å². The van der Waals surface area contributed by atoms with Gasteiger partial charge in [0.1, 0.15) is 11.6 Å². The summed E-state index contributed by atoms with van der Waals surface area (Å²) in [6.45, 7) is 5.30. The Labute approximate surface area is 100 Å². The molecule has 2 aromatic rings. The topological polar surface area (TPSA) is 38.2 Å². The minimum atomic E-state index is 0.775. The number of morpholine rings is 1. The Bertz CT molecular complexity index is 535. The van der Waals surface area contributed by atoms with Crippen LogP contribution in [0.5, 0.6) is 0 Å². The molecule has 4 heteroatoms. The summed E-state index contributed by atoms with van der Waals surface area (Å²) in [5, 5.41) is 1.13. The summed E-state index contributed by atoms with van der Waals surface area (Å²) in [6.07, 6.45) is 0. The van der Waals surface area contributed by atoms with E-state index in [0.29, 0.717) is 0 Å². The Balaban J connectivity index is 2.13. The van der Waals surface area contributed by atoms with Crippen LogP contribution in [0.25, 0.3) is 10.9 Å². The molecular formula is C13H15N3O. The molecule has 1 aliphatic heterocycles. The first-order valence-electron chi connectivity index (χ1n) is 5.91. The Morgan fingerprint density at radius 1 is 1.12 bits per heavy atom. The van der Waals surface area contributed by atoms with Gasteiger partial charge in [-0.15, -0.1) is 0 Å². The molecule has 0 amide bonds. The van der Waals surface area contributed by atoms with Crippen LogP contribution >= 0.6 is 0 Å². The van der Waals surface area contributed by atoms with E-state index in [-0.39, 0.29) is 0 Å². The number of ether oxygens (including phenoxy) is 1. The molecule has 1 aromatic carbocycles. The number of benzene rings is 1. The molecule has 1 saturated heterocycles. The normalized spacial score (nSPS) is 16.4. The first-order valence-corrected chi connectivity index (χ1v) is 5.91. The fourth-order valence-electron chi connectivity index (χ4n) is 2.19. The van der Waals surface area contributed by atoms with Gasteiger partial charge in [0.2, 0.25) is 0 Å². The molecule has 0 N–H and O–H groups in total. The fourth-order valence-corrected chi connectivity index (χ4v) is 2.19. The zero-order chi connectivity index (χ0) is 11.7. The van der Waals surface area contributed by atoms with Crippen molar-refractivity contribution in [1.29, 1.82) is 0 Å². The number of aromatic nitrogens is 2. The van der Waals surface area contributed by atoms with Crippen LogP contribution in [-0.4, -0.2) is 36.3 Å². The molecule has 0 radical (unpaired) electrons. The van der Waals surface area contributed by atoms with E-state index in [2.05, 4.69) is 20.9 Å². The van der Waals surface area contributed by atoms with Crippen molar-refractivity contribution in [2.24, 2.45) is 0 Å². The molecular weight excluding hydrogens is 214 g/mol. The van der Waals surface area contributed by atoms with E-state index >= 15 is 0 Å². The Hall–Kier alpha value is -1.68. The molecule has 0 unspecified atom stereocenters. The van der Waals surface area contributed by atoms with Gasteiger partial charge in [-0.05, 0) is 19.1 Å². The van der Waals surface area contributed by atoms with Gasteiger partial charge in [-0.3, -0.25) is 0 Å². The fraction of sp³-hybridized carbons (Fsp3) is 0.385. The molecule has 1 fully saturated rings. The van der Waals surface area contributed by atoms with Crippen molar-refractivity contribution in [2.75, 3.05) is 31.2 Å². The largest absolute Gasteiger partial charge is 0.378 e. The SMILES string of the molecule is Cc1nc(N2CCOCC2)c2ccccc2n1. The maximum Gasteiger partial charge on any atom is 0.140 e. The van der Waals surface area contributed by atoms with Gasteiger partial charge in [0.25, 0.3) is 0 Å². The monoisotopic (exact) mass is 229 g/mol. The smallest absolute Gasteiger partial charge is 0.140 e. The van der Waals surface area contributed by atoms with Crippen molar-refractivity contribution in [1.82, 2.24) is 9.97 Å². The maximum absolute atomic E-state index is 5.38. The predicted molar refractivity (Wildman–Crippen MR) is 67.3 cm³/mol. The van der Waals surface area contributed by atoms with Gasteiger partial charge in [0.15, 0.2) is 0 Å². The van der Waals surface area contributed by atoms with Crippen LogP contribution in [-0.2, 0) is 4.74 Å². The summed E-state index contributed by atoms with van der Waals surface area (Å²) in [5.74, 6) is 1.86. The van der Waals surface area contributed by atoms with Crippen LogP contribution in [0.1, 0.15) is 5.82 Å². The average molecular weight is 229 g/mol. The molecule has 88 valence electrons. The summed E-state index contributed by atoms with van der Waals surface area (Å²) in [6, 6.07) is 8.16. The lowest BCUT2D eigenvalue weighted by Crippen LogP contribution is -2.37. The summed E-state index contributed by atoms with van der Waals surface area (Å²) in [5.41, 5.74) is 1.02. The number of para-hydroxylation sites is 1. The second-order valence-corrected chi connectivity index (χ2v) is 4.21. The van der Waals surface area contributed by atoms with Crippen molar-refractivity contribution >= 4 is 16.7 Å². The van der Waals surface area contributed by atoms with E-state index in [9.17, 15) is 0 Å². The Morgan fingerprint density at radius 3 is 2.71 bits per heavy atom. The van der Waals surface area contributed by atoms with Crippen molar-refractivity contribution in [3.05, 3.63) is 30.1 Å². The lowest BCUT2D eigenvalue weighted by Gasteiger charge is -2.28. The van der Waals surface area contributed by atoms with Crippen molar-refractivity contribution in [2.45, 2.75) is 6.92 Å². The van der Waals surface area contributed by atoms with Crippen LogP contribution in [0, 0.1) is 6.92 Å². The van der Waals surface area contributed by atoms with E-state index in [1.165, 1.54) is 0 Å². The molecule has 2 heterocycles. The summed E-state index contributed by atoms with van der Waals surface area (Å²) in [4.78, 5) is 11.3. The number of hydrogen-bond donors (Lipinski definition) is 0. The maximum atomic E-state index is 5.38. The van der Waals surface area contributed by atoms with Gasteiger partial charge >= 0.3 is 0 Å². The molecule has 0 saturated carbocycles. The van der Waals surface area contributed by atoms with Gasteiger partial charge < -0.3 is 9.64 Å². The second-order valence-electron chi connectivity index (χ2n) is 4.21. The van der Waals surface area contributed by atoms with Crippen molar-refractivity contribution in [3.8, 4) is 0 Å². The highest BCUT2D eigenvalue weighted by Gasteiger charge is 2.15. The third-order valence-electron chi connectivity index (χ3n) is 3.01. The second kappa shape index (κ2) is 4.30. The first kappa shape index (κ1) is 10.5. The summed E-state index contributed by atoms with van der Waals surface area (Å²) in [7, 11) is 0. The number of aryl methyl sites for hydroxylation is 1. The number of anilines is 1. The number of rotatable bonds is 1. The zero-order valence-corrected chi connectivity index (χ0v) is 9.89. The highest BCUT2D eigenvalue weighted by molar-refractivity contribution is 5.89. The van der Waals surface area contributed by atoms with Gasteiger partial charge in [0.05, 0.1) is 18.7 Å². The van der Waals surface area contributed by atoms with Gasteiger partial charge in [-0.2, -0.15) is 0 Å². The number of fused-ring (bicyclic) bond motifs is 1. The highest BCUT2D eigenvalue weighted by Crippen LogP contribution is 2.24. The molecule has 1 aliphatic rings. The molecule has 0 spiro atoms. The van der Waals surface area contributed by atoms with Gasteiger partial charge in [-0.25, -0.2) is 9.97 Å². The lowest BCUT2D eigenvalue weighted by molar-refractivity contribution is 0.122. The van der Waals surface area contributed by atoms with Crippen LogP contribution in [0.4, 0.5) is 5.82 Å². The molecule has 0 aliphatic carbocycles. The molecule has 17 heavy (non-hydrogen) atoms. The highest BCUT2D eigenvalue weighted by atomic mass is 16.5. The Morgan fingerprint density at radius 2 is 1.88 bits per heavy atom. The zero-order valence-electron chi connectivity index (χ0n) is 9.89. The molecule has 1 aromatic heterocycles. The van der Waals surface area contributed by atoms with E-state index in [4.69, 9.17) is 4.74 Å². The minimum absolute atomic E-state index is 0.775. The summed E-state index contributed by atoms with van der Waals surface area (Å²) >= 11 is 0. The van der Waals surface area contributed by atoms with Crippen molar-refractivity contribution in [3.63, 3.8) is 0 Å². The van der Waals surface area contributed by atoms with Gasteiger partial charge in [0, 0.05) is 18.5 Å². The minimum Gasteiger partial charge on any atom is -0.378 e. The third kappa shape index (κ3) is 1.96. The van der Waals surface area contributed by atoms with Crippen LogP contribution in [0.3, 0.4) is 0 Å². The van der Waals surface area contributed by atoms with E-state index in [0.717, 1.165) is 48.8 Å². The quantitative estimate of drug-likeness (QED) is 0.747. The standard InChI is InChI=1S/C13H15N3O/c1-10-14-12-5-3-2-4-11(12)13(15-10)16-6-8-17-9-7-16/h2-5H,6-9H2,1H3. The molecule has 3 rings (SSSR count). The third-order valence-corrected chi connectivity index (χ3v) is 3.01. The average Bonchev–Trinajstić information content (AvgIpc) is 2.39. The number of nitrogens with zero attached hydrogens (tertiary/aromatic N) is 3. The van der Waals surface area contributed by atoms with Crippen molar-refractivity contribution < 1.29 is 4.74 Å². The molecule has 0 atom stereocenters. The van der Waals surface area contributed by atoms with Crippen LogP contribution in [0.15, 0.2) is 24.3 Å². The van der Waals surface area contributed by atoms with E-state index in [1.807, 2.05) is 25.1 Å². The van der Waals surface area contributed by atoms with Gasteiger partial charge in [-0.1, -0.05) is 12.1 Å². The predicted octanol–water partition coefficient (Wildman–Crippen LogP) is 1.77. The first-order chi connectivity index (χ1) is 8.34. The Kier molecular flexibility index (Phi) is 2.65. The van der Waals surface area contributed by atoms with E-state index < -0.39 is 0 Å². The molecule has 0 bridgehead atoms.